The zero-order valence-electron chi connectivity index (χ0n) is 19.3. The van der Waals surface area contributed by atoms with Gasteiger partial charge in [-0.15, -0.1) is 0 Å². The summed E-state index contributed by atoms with van der Waals surface area (Å²) in [5, 5.41) is 3.03. The molecule has 1 N–H and O–H groups in total. The van der Waals surface area contributed by atoms with Gasteiger partial charge in [0.15, 0.2) is 0 Å². The zero-order chi connectivity index (χ0) is 23.1. The lowest BCUT2D eigenvalue weighted by Gasteiger charge is -2.25. The van der Waals surface area contributed by atoms with E-state index in [4.69, 9.17) is 4.74 Å². The second-order valence-corrected chi connectivity index (χ2v) is 10.3. The number of aryl methyl sites for hydroxylation is 2. The Hall–Kier alpha value is -2.54. The maximum atomic E-state index is 12.9. The molecule has 6 nitrogen and oxygen atoms in total. The van der Waals surface area contributed by atoms with Crippen LogP contribution in [0.2, 0.25) is 0 Å². The number of sulfonamides is 1. The molecule has 0 saturated carbocycles. The van der Waals surface area contributed by atoms with Crippen LogP contribution in [0.3, 0.4) is 0 Å². The molecule has 0 radical (unpaired) electrons. The highest BCUT2D eigenvalue weighted by Gasteiger charge is 2.23. The number of carbonyl (C=O) groups excluding carboxylic acids is 1. The minimum Gasteiger partial charge on any atom is -0.494 e. The Labute approximate surface area is 192 Å². The molecule has 1 aliphatic rings. The molecule has 1 aliphatic carbocycles. The van der Waals surface area contributed by atoms with Crippen molar-refractivity contribution in [2.24, 2.45) is 0 Å². The van der Waals surface area contributed by atoms with Crippen molar-refractivity contribution in [3.05, 3.63) is 59.2 Å². The topological polar surface area (TPSA) is 75.7 Å². The Kier molecular flexibility index (Phi) is 8.18. The van der Waals surface area contributed by atoms with Crippen molar-refractivity contribution in [3.8, 4) is 5.75 Å². The van der Waals surface area contributed by atoms with Crippen LogP contribution in [0.1, 0.15) is 62.3 Å². The van der Waals surface area contributed by atoms with Crippen molar-refractivity contribution < 1.29 is 17.9 Å². The second kappa shape index (κ2) is 10.9. The lowest BCUT2D eigenvalue weighted by molar-refractivity contribution is -0.120. The largest absolute Gasteiger partial charge is 0.494 e. The second-order valence-electron chi connectivity index (χ2n) is 8.38. The first-order valence-corrected chi connectivity index (χ1v) is 13.3. The van der Waals surface area contributed by atoms with Gasteiger partial charge in [0, 0.05) is 0 Å². The number of ether oxygens (including phenoxy) is 1. The average Bonchev–Trinajstić information content (AvgIpc) is 2.79. The number of rotatable bonds is 10. The van der Waals surface area contributed by atoms with E-state index in [0.717, 1.165) is 41.8 Å². The molecule has 2 aromatic carbocycles. The smallest absolute Gasteiger partial charge is 0.241 e. The summed E-state index contributed by atoms with van der Waals surface area (Å²) in [6, 6.07) is 13.1. The number of nitrogens with zero attached hydrogens (tertiary/aromatic N) is 1. The van der Waals surface area contributed by atoms with Crippen molar-refractivity contribution in [2.45, 2.75) is 58.4 Å². The maximum absolute atomic E-state index is 12.9. The molecular weight excluding hydrogens is 424 g/mol. The number of hydrogen-bond donors (Lipinski definition) is 1. The molecule has 0 fully saturated rings. The molecule has 0 unspecified atom stereocenters. The Morgan fingerprint density at radius 2 is 1.75 bits per heavy atom. The Morgan fingerprint density at radius 3 is 2.38 bits per heavy atom. The van der Waals surface area contributed by atoms with Crippen LogP contribution in [-0.4, -0.2) is 33.7 Å². The van der Waals surface area contributed by atoms with Crippen LogP contribution >= 0.6 is 0 Å². The van der Waals surface area contributed by atoms with E-state index in [-0.39, 0.29) is 18.5 Å². The van der Waals surface area contributed by atoms with Gasteiger partial charge in [-0.25, -0.2) is 8.42 Å². The molecule has 0 aromatic heterocycles. The first-order valence-electron chi connectivity index (χ1n) is 11.4. The lowest BCUT2D eigenvalue weighted by Crippen LogP contribution is -2.41. The monoisotopic (exact) mass is 458 g/mol. The van der Waals surface area contributed by atoms with Gasteiger partial charge in [0.05, 0.1) is 24.6 Å². The summed E-state index contributed by atoms with van der Waals surface area (Å²) >= 11 is 0. The minimum absolute atomic E-state index is 0.152. The van der Waals surface area contributed by atoms with Gasteiger partial charge in [0.1, 0.15) is 12.3 Å². The average molecular weight is 459 g/mol. The number of hydrogen-bond acceptors (Lipinski definition) is 4. The van der Waals surface area contributed by atoms with Crippen LogP contribution in [0, 0.1) is 0 Å². The van der Waals surface area contributed by atoms with E-state index in [2.05, 4.69) is 23.5 Å². The molecule has 3 rings (SSSR count). The van der Waals surface area contributed by atoms with E-state index < -0.39 is 10.0 Å². The quantitative estimate of drug-likeness (QED) is 0.573. The van der Waals surface area contributed by atoms with Crippen molar-refractivity contribution in [2.75, 3.05) is 23.7 Å². The minimum atomic E-state index is -3.63. The number of nitrogens with one attached hydrogen (secondary N) is 1. The van der Waals surface area contributed by atoms with Crippen molar-refractivity contribution in [1.29, 1.82) is 0 Å². The number of benzene rings is 2. The first-order chi connectivity index (χ1) is 15.3. The van der Waals surface area contributed by atoms with Crippen LogP contribution in [0.4, 0.5) is 5.69 Å². The molecule has 0 spiro atoms. The SMILES string of the molecule is CCCOc1ccc(N(CC(=O)N[C@H](CC)c2ccc3c(c2)CCCC3)S(C)(=O)=O)cc1. The highest BCUT2D eigenvalue weighted by atomic mass is 32.2. The molecule has 32 heavy (non-hydrogen) atoms. The third-order valence-electron chi connectivity index (χ3n) is 5.80. The molecule has 0 saturated heterocycles. The highest BCUT2D eigenvalue weighted by molar-refractivity contribution is 7.92. The van der Waals surface area contributed by atoms with E-state index in [0.29, 0.717) is 18.0 Å². The molecule has 0 heterocycles. The molecule has 1 amide bonds. The van der Waals surface area contributed by atoms with Crippen LogP contribution in [0.15, 0.2) is 42.5 Å². The summed E-state index contributed by atoms with van der Waals surface area (Å²) in [7, 11) is -3.63. The normalized spacial score (nSPS) is 14.3. The van der Waals surface area contributed by atoms with E-state index in [9.17, 15) is 13.2 Å². The van der Waals surface area contributed by atoms with E-state index >= 15 is 0 Å². The summed E-state index contributed by atoms with van der Waals surface area (Å²) in [5.74, 6) is 0.346. The Morgan fingerprint density at radius 1 is 1.06 bits per heavy atom. The molecule has 174 valence electrons. The molecule has 2 aromatic rings. The third-order valence-corrected chi connectivity index (χ3v) is 6.94. The van der Waals surface area contributed by atoms with Gasteiger partial charge in [-0.2, -0.15) is 0 Å². The zero-order valence-corrected chi connectivity index (χ0v) is 20.1. The van der Waals surface area contributed by atoms with Gasteiger partial charge >= 0.3 is 0 Å². The van der Waals surface area contributed by atoms with Crippen LogP contribution < -0.4 is 14.4 Å². The van der Waals surface area contributed by atoms with Gasteiger partial charge in [-0.1, -0.05) is 32.0 Å². The summed E-state index contributed by atoms with van der Waals surface area (Å²) in [5.41, 5.74) is 4.28. The fourth-order valence-corrected chi connectivity index (χ4v) is 4.95. The molecule has 1 atom stereocenters. The van der Waals surface area contributed by atoms with Gasteiger partial charge < -0.3 is 10.1 Å². The van der Waals surface area contributed by atoms with Gasteiger partial charge in [-0.05, 0) is 79.5 Å². The number of carbonyl (C=O) groups is 1. The van der Waals surface area contributed by atoms with Crippen LogP contribution in [0.25, 0.3) is 0 Å². The molecule has 0 aliphatic heterocycles. The number of amides is 1. The number of anilines is 1. The van der Waals surface area contributed by atoms with E-state index in [1.54, 1.807) is 24.3 Å². The lowest BCUT2D eigenvalue weighted by atomic mass is 9.89. The van der Waals surface area contributed by atoms with Crippen molar-refractivity contribution in [3.63, 3.8) is 0 Å². The first kappa shape index (κ1) is 24.1. The predicted molar refractivity (Wildman–Crippen MR) is 129 cm³/mol. The fraction of sp³-hybridized carbons (Fsp3) is 0.480. The van der Waals surface area contributed by atoms with E-state index in [1.165, 1.54) is 24.0 Å². The van der Waals surface area contributed by atoms with Crippen molar-refractivity contribution >= 4 is 21.6 Å². The van der Waals surface area contributed by atoms with E-state index in [1.807, 2.05) is 13.8 Å². The summed E-state index contributed by atoms with van der Waals surface area (Å²) < 4.78 is 31.5. The number of fused-ring (bicyclic) bond motifs is 1. The standard InChI is InChI=1S/C25H34N2O4S/c1-4-16-31-23-14-12-22(13-15-23)27(32(3,29)30)18-25(28)26-24(5-2)21-11-10-19-8-6-7-9-20(19)17-21/h10-15,17,24H,4-9,16,18H2,1-3H3,(H,26,28)/t24-/m1/s1. The third kappa shape index (κ3) is 6.25. The fourth-order valence-electron chi connectivity index (χ4n) is 4.09. The van der Waals surface area contributed by atoms with Gasteiger partial charge in [0.25, 0.3) is 0 Å². The summed E-state index contributed by atoms with van der Waals surface area (Å²) in [6.07, 6.45) is 7.35. The summed E-state index contributed by atoms with van der Waals surface area (Å²) in [6.45, 7) is 4.37. The van der Waals surface area contributed by atoms with Crippen LogP contribution in [-0.2, 0) is 27.7 Å². The molecular formula is C25H34N2O4S. The van der Waals surface area contributed by atoms with Crippen molar-refractivity contribution in [1.82, 2.24) is 5.32 Å². The van der Waals surface area contributed by atoms with Gasteiger partial charge in [-0.3, -0.25) is 9.10 Å². The highest BCUT2D eigenvalue weighted by Crippen LogP contribution is 2.26. The summed E-state index contributed by atoms with van der Waals surface area (Å²) in [4.78, 5) is 12.9. The Balaban J connectivity index is 1.72. The predicted octanol–water partition coefficient (Wildman–Crippen LogP) is 4.39. The maximum Gasteiger partial charge on any atom is 0.241 e. The molecule has 7 heteroatoms. The molecule has 0 bridgehead atoms. The van der Waals surface area contributed by atoms with Gasteiger partial charge in [0.2, 0.25) is 15.9 Å². The Bertz CT molecular complexity index is 1020. The van der Waals surface area contributed by atoms with Crippen LogP contribution in [0.5, 0.6) is 5.75 Å².